The van der Waals surface area contributed by atoms with Crippen LogP contribution in [0, 0.1) is 5.82 Å². The quantitative estimate of drug-likeness (QED) is 0.279. The molecule has 0 saturated heterocycles. The number of aromatic nitrogens is 2. The SMILES string of the molecule is NC(=O)c1nsc(C(=O)N(c2ccc(F)cc2)[C@H](C(=O)NC2CCCCC2)c2c[nH]c3ccccc23)c1N. The van der Waals surface area contributed by atoms with Crippen LogP contribution in [0.3, 0.4) is 0 Å². The zero-order valence-corrected chi connectivity index (χ0v) is 21.3. The molecule has 0 aliphatic heterocycles. The summed E-state index contributed by atoms with van der Waals surface area (Å²) in [6, 6.07) is 11.6. The summed E-state index contributed by atoms with van der Waals surface area (Å²) < 4.78 is 17.9. The number of para-hydroxylation sites is 1. The van der Waals surface area contributed by atoms with Gasteiger partial charge in [0.05, 0.1) is 5.69 Å². The smallest absolute Gasteiger partial charge is 0.273 e. The van der Waals surface area contributed by atoms with E-state index in [2.05, 4.69) is 14.7 Å². The van der Waals surface area contributed by atoms with Gasteiger partial charge < -0.3 is 21.8 Å². The number of fused-ring (bicyclic) bond motifs is 1. The maximum absolute atomic E-state index is 14.1. The van der Waals surface area contributed by atoms with Crippen molar-refractivity contribution in [1.29, 1.82) is 0 Å². The molecule has 11 heteroatoms. The number of nitrogens with one attached hydrogen (secondary N) is 2. The molecule has 6 N–H and O–H groups in total. The van der Waals surface area contributed by atoms with Crippen LogP contribution < -0.4 is 21.7 Å². The molecule has 38 heavy (non-hydrogen) atoms. The van der Waals surface area contributed by atoms with Gasteiger partial charge in [0, 0.05) is 34.4 Å². The second-order valence-corrected chi connectivity index (χ2v) is 10.1. The van der Waals surface area contributed by atoms with Crippen LogP contribution in [0.1, 0.15) is 63.9 Å². The third-order valence-corrected chi connectivity index (χ3v) is 7.70. The van der Waals surface area contributed by atoms with Crippen molar-refractivity contribution in [2.45, 2.75) is 44.2 Å². The number of benzene rings is 2. The lowest BCUT2D eigenvalue weighted by Crippen LogP contribution is -2.47. The Morgan fingerprint density at radius 1 is 1.08 bits per heavy atom. The maximum atomic E-state index is 14.1. The first-order valence-electron chi connectivity index (χ1n) is 12.4. The lowest BCUT2D eigenvalue weighted by molar-refractivity contribution is -0.123. The number of aromatic amines is 1. The molecule has 0 unspecified atom stereocenters. The van der Waals surface area contributed by atoms with Crippen LogP contribution in [0.4, 0.5) is 15.8 Å². The first-order valence-corrected chi connectivity index (χ1v) is 13.1. The van der Waals surface area contributed by atoms with E-state index in [0.717, 1.165) is 54.5 Å². The summed E-state index contributed by atoms with van der Waals surface area (Å²) in [4.78, 5) is 44.4. The number of anilines is 2. The zero-order valence-electron chi connectivity index (χ0n) is 20.4. The van der Waals surface area contributed by atoms with E-state index in [-0.39, 0.29) is 33.9 Å². The lowest BCUT2D eigenvalue weighted by Gasteiger charge is -2.33. The van der Waals surface area contributed by atoms with Gasteiger partial charge in [-0.2, -0.15) is 4.37 Å². The zero-order chi connectivity index (χ0) is 26.8. The average molecular weight is 535 g/mol. The predicted molar refractivity (Wildman–Crippen MR) is 144 cm³/mol. The molecular weight excluding hydrogens is 507 g/mol. The number of nitrogens with zero attached hydrogens (tertiary/aromatic N) is 2. The van der Waals surface area contributed by atoms with Crippen LogP contribution in [0.2, 0.25) is 0 Å². The second kappa shape index (κ2) is 10.6. The Balaban J connectivity index is 1.67. The van der Waals surface area contributed by atoms with Crippen molar-refractivity contribution in [3.63, 3.8) is 0 Å². The second-order valence-electron chi connectivity index (χ2n) is 9.33. The van der Waals surface area contributed by atoms with Gasteiger partial charge in [0.2, 0.25) is 5.91 Å². The van der Waals surface area contributed by atoms with E-state index in [1.165, 1.54) is 29.2 Å². The van der Waals surface area contributed by atoms with Crippen molar-refractivity contribution < 1.29 is 18.8 Å². The normalized spacial score (nSPS) is 14.8. The number of nitrogens with two attached hydrogens (primary N) is 2. The molecule has 196 valence electrons. The number of hydrogen-bond acceptors (Lipinski definition) is 6. The molecule has 0 bridgehead atoms. The Labute approximate surface area is 222 Å². The van der Waals surface area contributed by atoms with E-state index >= 15 is 0 Å². The molecule has 1 fully saturated rings. The van der Waals surface area contributed by atoms with Crippen molar-refractivity contribution in [3.8, 4) is 0 Å². The Kier molecular flexibility index (Phi) is 7.10. The fourth-order valence-electron chi connectivity index (χ4n) is 4.97. The van der Waals surface area contributed by atoms with E-state index in [1.54, 1.807) is 6.20 Å². The molecular formula is C27H27FN6O3S. The number of hydrogen-bond donors (Lipinski definition) is 4. The number of amides is 3. The number of primary amides is 1. The lowest BCUT2D eigenvalue weighted by atomic mass is 9.94. The van der Waals surface area contributed by atoms with Crippen LogP contribution >= 0.6 is 11.5 Å². The third-order valence-electron chi connectivity index (χ3n) is 6.85. The van der Waals surface area contributed by atoms with Gasteiger partial charge in [-0.1, -0.05) is 37.5 Å². The van der Waals surface area contributed by atoms with Crippen LogP contribution in [0.15, 0.2) is 54.7 Å². The summed E-state index contributed by atoms with van der Waals surface area (Å²) in [5, 5.41) is 3.90. The average Bonchev–Trinajstić information content (AvgIpc) is 3.52. The molecule has 3 amide bonds. The molecule has 4 aromatic rings. The monoisotopic (exact) mass is 534 g/mol. The molecule has 2 aromatic heterocycles. The Hall–Kier alpha value is -4.25. The molecule has 1 atom stereocenters. The summed E-state index contributed by atoms with van der Waals surface area (Å²) >= 11 is 0.724. The highest BCUT2D eigenvalue weighted by molar-refractivity contribution is 7.09. The van der Waals surface area contributed by atoms with Gasteiger partial charge in [-0.3, -0.25) is 19.3 Å². The van der Waals surface area contributed by atoms with Gasteiger partial charge in [-0.25, -0.2) is 4.39 Å². The Bertz CT molecular complexity index is 1490. The molecule has 0 spiro atoms. The highest BCUT2D eigenvalue weighted by atomic mass is 32.1. The van der Waals surface area contributed by atoms with Gasteiger partial charge >= 0.3 is 0 Å². The van der Waals surface area contributed by atoms with Crippen molar-refractivity contribution in [1.82, 2.24) is 14.7 Å². The van der Waals surface area contributed by atoms with Crippen LogP contribution in [0.25, 0.3) is 10.9 Å². The summed E-state index contributed by atoms with van der Waals surface area (Å²) in [6.45, 7) is 0. The van der Waals surface area contributed by atoms with E-state index < -0.39 is 23.7 Å². The largest absolute Gasteiger partial charge is 0.395 e. The fraction of sp³-hybridized carbons (Fsp3) is 0.259. The molecule has 2 heterocycles. The minimum Gasteiger partial charge on any atom is -0.395 e. The first-order chi connectivity index (χ1) is 18.3. The highest BCUT2D eigenvalue weighted by Crippen LogP contribution is 2.36. The van der Waals surface area contributed by atoms with Gasteiger partial charge in [0.15, 0.2) is 5.69 Å². The number of carbonyl (C=O) groups is 3. The molecule has 1 saturated carbocycles. The third kappa shape index (κ3) is 4.84. The van der Waals surface area contributed by atoms with Gasteiger partial charge in [-0.05, 0) is 54.7 Å². The predicted octanol–water partition coefficient (Wildman–Crippen LogP) is 4.28. The van der Waals surface area contributed by atoms with Crippen LogP contribution in [0.5, 0.6) is 0 Å². The topological polar surface area (TPSA) is 147 Å². The molecule has 2 aromatic carbocycles. The number of carbonyl (C=O) groups excluding carboxylic acids is 3. The summed E-state index contributed by atoms with van der Waals surface area (Å²) in [5.41, 5.74) is 12.7. The van der Waals surface area contributed by atoms with Gasteiger partial charge in [-0.15, -0.1) is 0 Å². The van der Waals surface area contributed by atoms with E-state index in [4.69, 9.17) is 11.5 Å². The molecule has 5 rings (SSSR count). The minimum absolute atomic E-state index is 0.0240. The molecule has 1 aliphatic rings. The van der Waals surface area contributed by atoms with Crippen LogP contribution in [-0.2, 0) is 4.79 Å². The maximum Gasteiger partial charge on any atom is 0.273 e. The Morgan fingerprint density at radius 2 is 1.79 bits per heavy atom. The van der Waals surface area contributed by atoms with Crippen molar-refractivity contribution >= 4 is 51.5 Å². The summed E-state index contributed by atoms with van der Waals surface area (Å²) in [5.74, 6) is -2.40. The number of halogens is 1. The summed E-state index contributed by atoms with van der Waals surface area (Å²) in [7, 11) is 0. The summed E-state index contributed by atoms with van der Waals surface area (Å²) in [6.07, 6.45) is 6.53. The number of H-pyrrole nitrogens is 1. The van der Waals surface area contributed by atoms with E-state index in [0.29, 0.717) is 5.56 Å². The molecule has 1 aliphatic carbocycles. The number of nitrogen functional groups attached to an aromatic ring is 1. The van der Waals surface area contributed by atoms with Gasteiger partial charge in [0.1, 0.15) is 16.7 Å². The highest BCUT2D eigenvalue weighted by Gasteiger charge is 2.38. The van der Waals surface area contributed by atoms with Crippen molar-refractivity contribution in [3.05, 3.63) is 76.7 Å². The van der Waals surface area contributed by atoms with E-state index in [1.807, 2.05) is 24.3 Å². The van der Waals surface area contributed by atoms with Crippen LogP contribution in [-0.4, -0.2) is 33.1 Å². The minimum atomic E-state index is -1.13. The van der Waals surface area contributed by atoms with Crippen molar-refractivity contribution in [2.24, 2.45) is 5.73 Å². The fourth-order valence-corrected chi connectivity index (χ4v) is 5.71. The molecule has 9 nitrogen and oxygen atoms in total. The Morgan fingerprint density at radius 3 is 2.47 bits per heavy atom. The molecule has 0 radical (unpaired) electrons. The van der Waals surface area contributed by atoms with E-state index in [9.17, 15) is 18.8 Å². The first kappa shape index (κ1) is 25.4. The van der Waals surface area contributed by atoms with Gasteiger partial charge in [0.25, 0.3) is 11.8 Å². The standard InChI is InChI=1S/C27H27FN6O3S/c28-15-10-12-17(13-11-15)34(27(37)24-21(29)22(25(30)35)33-38-24)23(26(36)32-16-6-2-1-3-7-16)19-14-31-20-9-5-4-8-18(19)20/h4-5,8-14,16,23,31H,1-3,6-7,29H2,(H2,30,35)(H,32,36)/t23-/m0/s1. The van der Waals surface area contributed by atoms with Crippen molar-refractivity contribution in [2.75, 3.05) is 10.6 Å². The number of rotatable bonds is 7.